The Morgan fingerprint density at radius 2 is 1.82 bits per heavy atom. The van der Waals surface area contributed by atoms with Crippen LogP contribution in [-0.4, -0.2) is 39.9 Å². The molecule has 0 radical (unpaired) electrons. The van der Waals surface area contributed by atoms with Gasteiger partial charge in [0, 0.05) is 54.3 Å². The van der Waals surface area contributed by atoms with Crippen LogP contribution in [0.1, 0.15) is 31.4 Å². The predicted octanol–water partition coefficient (Wildman–Crippen LogP) is 3.97. The van der Waals surface area contributed by atoms with Crippen LogP contribution in [0.5, 0.6) is 0 Å². The molecule has 144 valence electrons. The lowest BCUT2D eigenvalue weighted by Crippen LogP contribution is -2.43. The van der Waals surface area contributed by atoms with E-state index >= 15 is 0 Å². The highest BCUT2D eigenvalue weighted by molar-refractivity contribution is 5.82. The molecule has 5 rings (SSSR count). The van der Waals surface area contributed by atoms with Crippen LogP contribution in [0.25, 0.3) is 10.9 Å². The standard InChI is InChI=1S/C23H26N4O/c28-23(17-9-13-26(14-10-17)20-7-11-24-12-8-20)27(21-5-6-21)16-19-15-18-3-1-2-4-22(18)25-19/h1-4,7-8,11-12,15,17,21,25H,5-6,9-10,13-14,16H2. The Kier molecular flexibility index (Phi) is 4.51. The number of anilines is 1. The monoisotopic (exact) mass is 374 g/mol. The predicted molar refractivity (Wildman–Crippen MR) is 111 cm³/mol. The Hall–Kier alpha value is -2.82. The van der Waals surface area contributed by atoms with E-state index in [1.165, 1.54) is 11.1 Å². The van der Waals surface area contributed by atoms with Crippen LogP contribution < -0.4 is 4.90 Å². The molecule has 28 heavy (non-hydrogen) atoms. The van der Waals surface area contributed by atoms with Crippen molar-refractivity contribution < 1.29 is 4.79 Å². The van der Waals surface area contributed by atoms with Crippen molar-refractivity contribution >= 4 is 22.5 Å². The van der Waals surface area contributed by atoms with E-state index in [1.807, 2.05) is 18.5 Å². The summed E-state index contributed by atoms with van der Waals surface area (Å²) in [6, 6.07) is 15.0. The smallest absolute Gasteiger partial charge is 0.226 e. The minimum atomic E-state index is 0.142. The Labute approximate surface area is 165 Å². The van der Waals surface area contributed by atoms with E-state index in [9.17, 15) is 4.79 Å². The lowest BCUT2D eigenvalue weighted by molar-refractivity contribution is -0.137. The largest absolute Gasteiger partial charge is 0.371 e. The fourth-order valence-corrected chi connectivity index (χ4v) is 4.35. The number of rotatable bonds is 5. The molecule has 3 heterocycles. The molecule has 0 spiro atoms. The van der Waals surface area contributed by atoms with Crippen molar-refractivity contribution in [3.05, 3.63) is 60.6 Å². The summed E-state index contributed by atoms with van der Waals surface area (Å²) in [5, 5.41) is 1.21. The number of fused-ring (bicyclic) bond motifs is 1. The molecule has 1 aliphatic heterocycles. The maximum Gasteiger partial charge on any atom is 0.226 e. The van der Waals surface area contributed by atoms with Crippen LogP contribution >= 0.6 is 0 Å². The van der Waals surface area contributed by atoms with Crippen LogP contribution in [0.15, 0.2) is 54.9 Å². The quantitative estimate of drug-likeness (QED) is 0.735. The number of nitrogens with one attached hydrogen (secondary N) is 1. The lowest BCUT2D eigenvalue weighted by Gasteiger charge is -2.35. The molecule has 3 aromatic rings. The number of nitrogens with zero attached hydrogens (tertiary/aromatic N) is 3. The Bertz CT molecular complexity index is 922. The number of carbonyl (C=O) groups is 1. The summed E-state index contributed by atoms with van der Waals surface area (Å²) in [7, 11) is 0. The van der Waals surface area contributed by atoms with Crippen LogP contribution in [0, 0.1) is 5.92 Å². The maximum atomic E-state index is 13.3. The van der Waals surface area contributed by atoms with E-state index in [0.717, 1.165) is 50.0 Å². The van der Waals surface area contributed by atoms with Gasteiger partial charge in [0.2, 0.25) is 5.91 Å². The van der Waals surface area contributed by atoms with Crippen molar-refractivity contribution in [2.24, 2.45) is 5.92 Å². The van der Waals surface area contributed by atoms with Crippen LogP contribution in [-0.2, 0) is 11.3 Å². The maximum absolute atomic E-state index is 13.3. The number of amides is 1. The molecule has 2 fully saturated rings. The molecule has 1 saturated heterocycles. The molecule has 0 unspecified atom stereocenters. The van der Waals surface area contributed by atoms with Crippen molar-refractivity contribution in [3.8, 4) is 0 Å². The molecular formula is C23H26N4O. The van der Waals surface area contributed by atoms with Crippen LogP contribution in [0.2, 0.25) is 0 Å². The van der Waals surface area contributed by atoms with Crippen molar-refractivity contribution in [1.82, 2.24) is 14.9 Å². The highest BCUT2D eigenvalue weighted by atomic mass is 16.2. The number of carbonyl (C=O) groups excluding carboxylic acids is 1. The van der Waals surface area contributed by atoms with Crippen molar-refractivity contribution in [2.75, 3.05) is 18.0 Å². The lowest BCUT2D eigenvalue weighted by atomic mass is 9.94. The van der Waals surface area contributed by atoms with E-state index in [1.54, 1.807) is 0 Å². The van der Waals surface area contributed by atoms with E-state index < -0.39 is 0 Å². The SMILES string of the molecule is O=C(C1CCN(c2ccncc2)CC1)N(Cc1cc2ccccc2[nH]1)C1CC1. The molecule has 0 bridgehead atoms. The second-order valence-electron chi connectivity index (χ2n) is 8.05. The number of pyridine rings is 1. The van der Waals surface area contributed by atoms with Crippen molar-refractivity contribution in [2.45, 2.75) is 38.3 Å². The van der Waals surface area contributed by atoms with Gasteiger partial charge in [-0.3, -0.25) is 9.78 Å². The molecule has 1 saturated carbocycles. The Morgan fingerprint density at radius 1 is 1.07 bits per heavy atom. The summed E-state index contributed by atoms with van der Waals surface area (Å²) < 4.78 is 0. The van der Waals surface area contributed by atoms with Crippen LogP contribution in [0.4, 0.5) is 5.69 Å². The van der Waals surface area contributed by atoms with E-state index in [-0.39, 0.29) is 5.92 Å². The molecule has 5 nitrogen and oxygen atoms in total. The van der Waals surface area contributed by atoms with Gasteiger partial charge >= 0.3 is 0 Å². The number of hydrogen-bond acceptors (Lipinski definition) is 3. The Balaban J connectivity index is 1.26. The summed E-state index contributed by atoms with van der Waals surface area (Å²) in [5.41, 5.74) is 3.49. The first-order valence-electron chi connectivity index (χ1n) is 10.3. The van der Waals surface area contributed by atoms with Crippen LogP contribution in [0.3, 0.4) is 0 Å². The van der Waals surface area contributed by atoms with Gasteiger partial charge in [-0.25, -0.2) is 0 Å². The fourth-order valence-electron chi connectivity index (χ4n) is 4.35. The summed E-state index contributed by atoms with van der Waals surface area (Å²) in [4.78, 5) is 25.4. The number of aromatic amines is 1. The van der Waals surface area contributed by atoms with Gasteiger partial charge < -0.3 is 14.8 Å². The topological polar surface area (TPSA) is 52.2 Å². The van der Waals surface area contributed by atoms with Gasteiger partial charge in [-0.2, -0.15) is 0 Å². The molecule has 2 aromatic heterocycles. The summed E-state index contributed by atoms with van der Waals surface area (Å²) in [6.45, 7) is 2.57. The van der Waals surface area contributed by atoms with Gasteiger partial charge in [0.15, 0.2) is 0 Å². The zero-order chi connectivity index (χ0) is 18.9. The number of hydrogen-bond donors (Lipinski definition) is 1. The fraction of sp³-hybridized carbons (Fsp3) is 0.391. The van der Waals surface area contributed by atoms with Crippen molar-refractivity contribution in [3.63, 3.8) is 0 Å². The first-order chi connectivity index (χ1) is 13.8. The second kappa shape index (κ2) is 7.30. The third kappa shape index (κ3) is 3.49. The van der Waals surface area contributed by atoms with Gasteiger partial charge in [0.25, 0.3) is 0 Å². The summed E-state index contributed by atoms with van der Waals surface area (Å²) in [6.07, 6.45) is 7.81. The minimum Gasteiger partial charge on any atom is -0.371 e. The highest BCUT2D eigenvalue weighted by Gasteiger charge is 2.37. The highest BCUT2D eigenvalue weighted by Crippen LogP contribution is 2.33. The van der Waals surface area contributed by atoms with Gasteiger partial charge in [-0.15, -0.1) is 0 Å². The molecule has 2 aliphatic rings. The Morgan fingerprint density at radius 3 is 2.54 bits per heavy atom. The second-order valence-corrected chi connectivity index (χ2v) is 8.05. The first-order valence-corrected chi connectivity index (χ1v) is 10.3. The van der Waals surface area contributed by atoms with Gasteiger partial charge in [-0.05, 0) is 55.3 Å². The van der Waals surface area contributed by atoms with Gasteiger partial charge in [0.05, 0.1) is 6.54 Å². The number of benzene rings is 1. The molecule has 1 aliphatic carbocycles. The third-order valence-corrected chi connectivity index (χ3v) is 6.07. The number of aromatic nitrogens is 2. The normalized spacial score (nSPS) is 17.8. The minimum absolute atomic E-state index is 0.142. The molecule has 0 atom stereocenters. The number of H-pyrrole nitrogens is 1. The van der Waals surface area contributed by atoms with Gasteiger partial charge in [0.1, 0.15) is 0 Å². The first kappa shape index (κ1) is 17.3. The molecule has 1 N–H and O–H groups in total. The zero-order valence-corrected chi connectivity index (χ0v) is 16.1. The molecule has 1 aromatic carbocycles. The number of para-hydroxylation sites is 1. The van der Waals surface area contributed by atoms with E-state index in [0.29, 0.717) is 18.5 Å². The third-order valence-electron chi connectivity index (χ3n) is 6.07. The molecular weight excluding hydrogens is 348 g/mol. The summed E-state index contributed by atoms with van der Waals surface area (Å²) >= 11 is 0. The average Bonchev–Trinajstić information content (AvgIpc) is 3.51. The molecule has 1 amide bonds. The average molecular weight is 374 g/mol. The zero-order valence-electron chi connectivity index (χ0n) is 16.1. The molecule has 5 heteroatoms. The van der Waals surface area contributed by atoms with Gasteiger partial charge in [-0.1, -0.05) is 18.2 Å². The van der Waals surface area contributed by atoms with E-state index in [2.05, 4.69) is 56.2 Å². The summed E-state index contributed by atoms with van der Waals surface area (Å²) in [5.74, 6) is 0.485. The van der Waals surface area contributed by atoms with E-state index in [4.69, 9.17) is 0 Å². The van der Waals surface area contributed by atoms with Crippen molar-refractivity contribution in [1.29, 1.82) is 0 Å². The number of piperidine rings is 1.